The van der Waals surface area contributed by atoms with Gasteiger partial charge in [-0.05, 0) is 67.1 Å². The molecule has 13 heteroatoms. The molecule has 12 nitrogen and oxygen atoms in total. The first kappa shape index (κ1) is 29.5. The summed E-state index contributed by atoms with van der Waals surface area (Å²) in [5.74, 6) is -2.41. The number of hydrogen-bond acceptors (Lipinski definition) is 8. The molecule has 0 saturated carbocycles. The molecule has 1 aliphatic heterocycles. The summed E-state index contributed by atoms with van der Waals surface area (Å²) in [7, 11) is -1.60. The van der Waals surface area contributed by atoms with Crippen LogP contribution in [0.15, 0.2) is 0 Å². The van der Waals surface area contributed by atoms with Crippen LogP contribution in [0.25, 0.3) is 0 Å². The van der Waals surface area contributed by atoms with E-state index < -0.39 is 59.9 Å². The van der Waals surface area contributed by atoms with Crippen LogP contribution in [-0.2, 0) is 19.1 Å². The van der Waals surface area contributed by atoms with Gasteiger partial charge in [0.05, 0.1) is 6.54 Å². The number of rotatable bonds is 7. The third kappa shape index (κ3) is 9.76. The van der Waals surface area contributed by atoms with Crippen LogP contribution in [0, 0.1) is 5.92 Å². The Morgan fingerprint density at radius 1 is 1.06 bits per heavy atom. The zero-order chi connectivity index (χ0) is 26.5. The maximum Gasteiger partial charge on any atom is 0.451 e. The average Bonchev–Trinajstić information content (AvgIpc) is 2.62. The zero-order valence-electron chi connectivity index (χ0n) is 21.0. The Labute approximate surface area is 200 Å². The number of nitrogens with one attached hydrogen (secondary N) is 2. The molecule has 3 amide bonds. The van der Waals surface area contributed by atoms with Crippen molar-refractivity contribution in [3.05, 3.63) is 0 Å². The number of carboxylic acids is 1. The number of alkyl carbamates (subject to hydrolysis) is 2. The summed E-state index contributed by atoms with van der Waals surface area (Å²) in [4.78, 5) is 51.2. The second-order valence-electron chi connectivity index (χ2n) is 10.7. The van der Waals surface area contributed by atoms with Gasteiger partial charge in [-0.25, -0.2) is 14.4 Å². The molecule has 1 aliphatic rings. The SMILES string of the molecule is CC(NC(=O)OC(C)(C)C)C(=O)N1C[C@H](CCB(O)O)C[C@@](NC(=O)OC(C)(C)C)(C(=O)O)C1. The van der Waals surface area contributed by atoms with E-state index in [2.05, 4.69) is 10.6 Å². The maximum absolute atomic E-state index is 13.1. The second-order valence-corrected chi connectivity index (χ2v) is 10.7. The summed E-state index contributed by atoms with van der Waals surface area (Å²) in [6, 6.07) is -1.04. The summed E-state index contributed by atoms with van der Waals surface area (Å²) >= 11 is 0. The molecular formula is C21H38BN3O9. The molecule has 0 spiro atoms. The molecule has 0 radical (unpaired) electrons. The van der Waals surface area contributed by atoms with Gasteiger partial charge in [-0.3, -0.25) is 4.79 Å². The smallest absolute Gasteiger partial charge is 0.451 e. The standard InChI is InChI=1S/C21H38BN3O9/c1-13(23-17(29)33-19(2,3)4)15(26)25-11-14(8-9-22(31)32)10-21(12-25,16(27)28)24-18(30)34-20(5,6)7/h13-14,31-32H,8-12H2,1-7H3,(H,23,29)(H,24,30)(H,27,28)/t13?,14-,21+/m1/s1. The number of carboxylic acid groups (broad SMARTS) is 1. The first-order chi connectivity index (χ1) is 15.3. The highest BCUT2D eigenvalue weighted by atomic mass is 16.6. The van der Waals surface area contributed by atoms with E-state index in [1.165, 1.54) is 11.8 Å². The Balaban J connectivity index is 3.14. The predicted octanol–water partition coefficient (Wildman–Crippen LogP) is 0.959. The Morgan fingerprint density at radius 3 is 2.06 bits per heavy atom. The third-order valence-corrected chi connectivity index (χ3v) is 4.97. The summed E-state index contributed by atoms with van der Waals surface area (Å²) in [6.45, 7) is 11.1. The van der Waals surface area contributed by atoms with E-state index in [0.29, 0.717) is 0 Å². The van der Waals surface area contributed by atoms with Crippen LogP contribution in [0.3, 0.4) is 0 Å². The minimum atomic E-state index is -1.87. The number of amides is 3. The summed E-state index contributed by atoms with van der Waals surface area (Å²) in [5, 5.41) is 33.4. The topological polar surface area (TPSA) is 175 Å². The number of aliphatic carboxylic acids is 1. The van der Waals surface area contributed by atoms with Gasteiger partial charge in [0.1, 0.15) is 17.2 Å². The number of piperidine rings is 1. The summed E-state index contributed by atoms with van der Waals surface area (Å²) in [6.07, 6.45) is -1.65. The molecule has 1 unspecified atom stereocenters. The highest BCUT2D eigenvalue weighted by Crippen LogP contribution is 2.30. The van der Waals surface area contributed by atoms with Gasteiger partial charge in [0.25, 0.3) is 0 Å². The molecular weight excluding hydrogens is 449 g/mol. The fourth-order valence-corrected chi connectivity index (χ4v) is 3.69. The van der Waals surface area contributed by atoms with Crippen LogP contribution in [0.5, 0.6) is 0 Å². The number of carbonyl (C=O) groups excluding carboxylic acids is 3. The number of ether oxygens (including phenoxy) is 2. The van der Waals surface area contributed by atoms with Gasteiger partial charge in [0, 0.05) is 6.54 Å². The van der Waals surface area contributed by atoms with E-state index >= 15 is 0 Å². The molecule has 194 valence electrons. The largest absolute Gasteiger partial charge is 0.479 e. The fraction of sp³-hybridized carbons (Fsp3) is 0.810. The first-order valence-electron chi connectivity index (χ1n) is 11.2. The predicted molar refractivity (Wildman–Crippen MR) is 123 cm³/mol. The van der Waals surface area contributed by atoms with E-state index in [9.17, 15) is 34.3 Å². The van der Waals surface area contributed by atoms with E-state index in [0.717, 1.165) is 0 Å². The van der Waals surface area contributed by atoms with Crippen LogP contribution < -0.4 is 10.6 Å². The number of likely N-dealkylation sites (tertiary alicyclic amines) is 1. The molecule has 1 heterocycles. The van der Waals surface area contributed by atoms with Crippen molar-refractivity contribution in [3.63, 3.8) is 0 Å². The van der Waals surface area contributed by atoms with Gasteiger partial charge in [-0.1, -0.05) is 6.42 Å². The van der Waals surface area contributed by atoms with Gasteiger partial charge in [0.2, 0.25) is 5.91 Å². The minimum absolute atomic E-state index is 0.0411. The minimum Gasteiger partial charge on any atom is -0.479 e. The molecule has 0 bridgehead atoms. The normalized spacial score (nSPS) is 21.8. The van der Waals surface area contributed by atoms with Crippen LogP contribution in [0.1, 0.15) is 61.3 Å². The highest BCUT2D eigenvalue weighted by Gasteiger charge is 2.49. The summed E-state index contributed by atoms with van der Waals surface area (Å²) in [5.41, 5.74) is -3.52. The van der Waals surface area contributed by atoms with E-state index in [1.807, 2.05) is 0 Å². The van der Waals surface area contributed by atoms with Crippen LogP contribution in [0.2, 0.25) is 6.32 Å². The molecule has 1 saturated heterocycles. The van der Waals surface area contributed by atoms with Crippen molar-refractivity contribution >= 4 is 31.2 Å². The lowest BCUT2D eigenvalue weighted by Gasteiger charge is -2.44. The maximum atomic E-state index is 13.1. The van der Waals surface area contributed by atoms with Gasteiger partial charge >= 0.3 is 25.3 Å². The lowest BCUT2D eigenvalue weighted by atomic mass is 9.75. The van der Waals surface area contributed by atoms with Crippen molar-refractivity contribution < 1.29 is 43.8 Å². The molecule has 0 aromatic rings. The molecule has 1 fully saturated rings. The monoisotopic (exact) mass is 487 g/mol. The second kappa shape index (κ2) is 11.3. The lowest BCUT2D eigenvalue weighted by Crippen LogP contribution is -2.67. The third-order valence-electron chi connectivity index (χ3n) is 4.97. The Hall–Kier alpha value is -2.54. The van der Waals surface area contributed by atoms with Crippen molar-refractivity contribution in [2.24, 2.45) is 5.92 Å². The van der Waals surface area contributed by atoms with Gasteiger partial charge < -0.3 is 40.2 Å². The van der Waals surface area contributed by atoms with Crippen molar-refractivity contribution in [1.82, 2.24) is 15.5 Å². The van der Waals surface area contributed by atoms with Gasteiger partial charge in [-0.15, -0.1) is 0 Å². The quantitative estimate of drug-likeness (QED) is 0.328. The van der Waals surface area contributed by atoms with E-state index in [-0.39, 0.29) is 32.3 Å². The van der Waals surface area contributed by atoms with Crippen LogP contribution in [0.4, 0.5) is 9.59 Å². The number of nitrogens with zero attached hydrogens (tertiary/aromatic N) is 1. The average molecular weight is 487 g/mol. The van der Waals surface area contributed by atoms with E-state index in [4.69, 9.17) is 9.47 Å². The number of carbonyl (C=O) groups is 4. The number of hydrogen-bond donors (Lipinski definition) is 5. The Kier molecular flexibility index (Phi) is 9.77. The molecule has 34 heavy (non-hydrogen) atoms. The molecule has 5 N–H and O–H groups in total. The van der Waals surface area contributed by atoms with Crippen LogP contribution in [-0.4, -0.2) is 87.1 Å². The molecule has 0 aromatic carbocycles. The fourth-order valence-electron chi connectivity index (χ4n) is 3.69. The molecule has 0 aromatic heterocycles. The first-order valence-corrected chi connectivity index (χ1v) is 11.2. The zero-order valence-corrected chi connectivity index (χ0v) is 21.0. The van der Waals surface area contributed by atoms with Gasteiger partial charge in [0.15, 0.2) is 5.54 Å². The van der Waals surface area contributed by atoms with E-state index in [1.54, 1.807) is 41.5 Å². The molecule has 3 atom stereocenters. The molecule has 1 rings (SSSR count). The van der Waals surface area contributed by atoms with Crippen molar-refractivity contribution in [2.45, 2.75) is 90.4 Å². The highest BCUT2D eigenvalue weighted by molar-refractivity contribution is 6.40. The van der Waals surface area contributed by atoms with Crippen molar-refractivity contribution in [1.29, 1.82) is 0 Å². The Bertz CT molecular complexity index is 764. The van der Waals surface area contributed by atoms with Crippen molar-refractivity contribution in [3.8, 4) is 0 Å². The summed E-state index contributed by atoms with van der Waals surface area (Å²) < 4.78 is 10.4. The molecule has 0 aliphatic carbocycles. The van der Waals surface area contributed by atoms with Gasteiger partial charge in [-0.2, -0.15) is 0 Å². The van der Waals surface area contributed by atoms with Crippen molar-refractivity contribution in [2.75, 3.05) is 13.1 Å². The van der Waals surface area contributed by atoms with Crippen LogP contribution >= 0.6 is 0 Å². The Morgan fingerprint density at radius 2 is 1.59 bits per heavy atom. The lowest BCUT2D eigenvalue weighted by molar-refractivity contribution is -0.152.